The fourth-order valence-electron chi connectivity index (χ4n) is 3.56. The summed E-state index contributed by atoms with van der Waals surface area (Å²) >= 11 is 0. The molecule has 0 saturated carbocycles. The lowest BCUT2D eigenvalue weighted by Gasteiger charge is -2.23. The van der Waals surface area contributed by atoms with Crippen LogP contribution in [0.15, 0.2) is 4.52 Å². The first-order valence-electron chi connectivity index (χ1n) is 8.06. The van der Waals surface area contributed by atoms with E-state index in [0.29, 0.717) is 18.7 Å². The Balaban J connectivity index is 1.80. The molecule has 1 amide bonds. The van der Waals surface area contributed by atoms with Crippen molar-refractivity contribution in [3.8, 4) is 0 Å². The summed E-state index contributed by atoms with van der Waals surface area (Å²) in [6.45, 7) is 0.649. The third-order valence-electron chi connectivity index (χ3n) is 4.92. The van der Waals surface area contributed by atoms with Crippen LogP contribution in [0.2, 0.25) is 0 Å². The highest BCUT2D eigenvalue weighted by molar-refractivity contribution is 5.94. The molecule has 1 aromatic rings. The van der Waals surface area contributed by atoms with Crippen molar-refractivity contribution in [3.05, 3.63) is 17.0 Å². The number of rotatable bonds is 4. The molecular weight excluding hydrogens is 300 g/mol. The number of amides is 1. The Morgan fingerprint density at radius 3 is 2.87 bits per heavy atom. The summed E-state index contributed by atoms with van der Waals surface area (Å²) in [6.07, 6.45) is 5.21. The molecule has 1 aliphatic carbocycles. The number of aliphatic carboxylic acids is 1. The molecule has 2 heterocycles. The van der Waals surface area contributed by atoms with E-state index in [1.54, 1.807) is 4.90 Å². The van der Waals surface area contributed by atoms with Crippen LogP contribution in [0.25, 0.3) is 0 Å². The highest BCUT2D eigenvalue weighted by Gasteiger charge is 2.47. The largest absolute Gasteiger partial charge is 0.481 e. The van der Waals surface area contributed by atoms with Gasteiger partial charge in [0.05, 0.1) is 6.61 Å². The number of ether oxygens (including phenoxy) is 1. The van der Waals surface area contributed by atoms with Crippen molar-refractivity contribution in [2.24, 2.45) is 5.41 Å². The maximum Gasteiger partial charge on any atom is 0.313 e. The number of nitrogens with zero attached hydrogens (tertiary/aromatic N) is 2. The molecule has 1 aromatic heterocycles. The van der Waals surface area contributed by atoms with Crippen LogP contribution in [-0.4, -0.2) is 53.8 Å². The lowest BCUT2D eigenvalue weighted by atomic mass is 9.88. The van der Waals surface area contributed by atoms with Crippen LogP contribution in [0, 0.1) is 5.41 Å². The van der Waals surface area contributed by atoms with Gasteiger partial charge in [0.25, 0.3) is 5.91 Å². The van der Waals surface area contributed by atoms with Gasteiger partial charge in [-0.1, -0.05) is 11.6 Å². The Kier molecular flexibility index (Phi) is 4.39. The Bertz CT molecular complexity index is 612. The van der Waals surface area contributed by atoms with Gasteiger partial charge < -0.3 is 19.3 Å². The molecule has 0 aromatic carbocycles. The molecule has 2 aliphatic rings. The number of aryl methyl sites for hydroxylation is 1. The van der Waals surface area contributed by atoms with E-state index in [0.717, 1.165) is 43.4 Å². The highest BCUT2D eigenvalue weighted by Crippen LogP contribution is 2.33. The highest BCUT2D eigenvalue weighted by atomic mass is 16.5. The van der Waals surface area contributed by atoms with Crippen molar-refractivity contribution in [1.29, 1.82) is 0 Å². The first-order chi connectivity index (χ1) is 11.1. The Labute approximate surface area is 134 Å². The minimum atomic E-state index is -1.02. The lowest BCUT2D eigenvalue weighted by molar-refractivity contribution is -0.151. The summed E-state index contributed by atoms with van der Waals surface area (Å²) in [4.78, 5) is 25.9. The molecule has 0 spiro atoms. The number of carboxylic acid groups (broad SMARTS) is 1. The van der Waals surface area contributed by atoms with Gasteiger partial charge in [-0.25, -0.2) is 0 Å². The van der Waals surface area contributed by atoms with Gasteiger partial charge in [-0.2, -0.15) is 0 Å². The monoisotopic (exact) mass is 322 g/mol. The molecule has 126 valence electrons. The van der Waals surface area contributed by atoms with E-state index in [9.17, 15) is 14.7 Å². The maximum absolute atomic E-state index is 12.8. The van der Waals surface area contributed by atoms with Crippen molar-refractivity contribution in [3.63, 3.8) is 0 Å². The third kappa shape index (κ3) is 2.85. The second kappa shape index (κ2) is 6.31. The second-order valence-corrected chi connectivity index (χ2v) is 6.49. The quantitative estimate of drug-likeness (QED) is 0.845. The SMILES string of the molecule is COCC1(C(=O)O)CCN(C(=O)c2noc3c2CCCCC3)C1. The van der Waals surface area contributed by atoms with Crippen molar-refractivity contribution in [2.45, 2.75) is 38.5 Å². The number of carbonyl (C=O) groups is 2. The van der Waals surface area contributed by atoms with Crippen molar-refractivity contribution < 1.29 is 24.0 Å². The van der Waals surface area contributed by atoms with Gasteiger partial charge in [0.2, 0.25) is 0 Å². The van der Waals surface area contributed by atoms with Crippen LogP contribution in [0.1, 0.15) is 47.5 Å². The van der Waals surface area contributed by atoms with Crippen LogP contribution in [0.3, 0.4) is 0 Å². The molecule has 1 N–H and O–H groups in total. The zero-order valence-corrected chi connectivity index (χ0v) is 13.3. The summed E-state index contributed by atoms with van der Waals surface area (Å²) in [5, 5.41) is 13.5. The lowest BCUT2D eigenvalue weighted by Crippen LogP contribution is -2.40. The molecule has 1 atom stereocenters. The summed E-state index contributed by atoms with van der Waals surface area (Å²) in [5.41, 5.74) is 0.248. The van der Waals surface area contributed by atoms with Gasteiger partial charge in [-0.15, -0.1) is 0 Å². The van der Waals surface area contributed by atoms with Gasteiger partial charge in [0, 0.05) is 32.2 Å². The van der Waals surface area contributed by atoms with Crippen molar-refractivity contribution >= 4 is 11.9 Å². The predicted octanol–water partition coefficient (Wildman–Crippen LogP) is 1.51. The van der Waals surface area contributed by atoms with Crippen LogP contribution < -0.4 is 0 Å². The minimum absolute atomic E-state index is 0.100. The second-order valence-electron chi connectivity index (χ2n) is 6.49. The number of hydrogen-bond donors (Lipinski definition) is 1. The Morgan fingerprint density at radius 1 is 1.35 bits per heavy atom. The van der Waals surface area contributed by atoms with Crippen molar-refractivity contribution in [2.75, 3.05) is 26.8 Å². The topological polar surface area (TPSA) is 92.9 Å². The summed E-state index contributed by atoms with van der Waals surface area (Å²) in [5.74, 6) is -0.337. The van der Waals surface area contributed by atoms with Crippen LogP contribution in [0.4, 0.5) is 0 Å². The molecule has 1 fully saturated rings. The predicted molar refractivity (Wildman–Crippen MR) is 80.2 cm³/mol. The van der Waals surface area contributed by atoms with Gasteiger partial charge in [-0.3, -0.25) is 9.59 Å². The number of methoxy groups -OCH3 is 1. The molecule has 23 heavy (non-hydrogen) atoms. The van der Waals surface area contributed by atoms with Crippen LogP contribution in [0.5, 0.6) is 0 Å². The first-order valence-corrected chi connectivity index (χ1v) is 8.06. The summed E-state index contributed by atoms with van der Waals surface area (Å²) in [7, 11) is 1.48. The van der Waals surface area contributed by atoms with E-state index in [-0.39, 0.29) is 19.1 Å². The minimum Gasteiger partial charge on any atom is -0.481 e. The van der Waals surface area contributed by atoms with E-state index in [2.05, 4.69) is 5.16 Å². The third-order valence-corrected chi connectivity index (χ3v) is 4.92. The molecule has 1 saturated heterocycles. The number of likely N-dealkylation sites (tertiary alicyclic amines) is 1. The zero-order valence-electron chi connectivity index (χ0n) is 13.3. The average molecular weight is 322 g/mol. The zero-order chi connectivity index (χ0) is 16.4. The van der Waals surface area contributed by atoms with E-state index in [4.69, 9.17) is 9.26 Å². The Morgan fingerprint density at radius 2 is 2.13 bits per heavy atom. The van der Waals surface area contributed by atoms with E-state index in [1.165, 1.54) is 7.11 Å². The summed E-state index contributed by atoms with van der Waals surface area (Å²) in [6, 6.07) is 0. The first kappa shape index (κ1) is 16.0. The number of fused-ring (bicyclic) bond motifs is 1. The van der Waals surface area contributed by atoms with Crippen molar-refractivity contribution in [1.82, 2.24) is 10.1 Å². The van der Waals surface area contributed by atoms with E-state index < -0.39 is 11.4 Å². The fourth-order valence-corrected chi connectivity index (χ4v) is 3.56. The molecule has 1 unspecified atom stereocenters. The van der Waals surface area contributed by atoms with E-state index >= 15 is 0 Å². The van der Waals surface area contributed by atoms with Gasteiger partial charge >= 0.3 is 5.97 Å². The fraction of sp³-hybridized carbons (Fsp3) is 0.688. The van der Waals surface area contributed by atoms with Crippen LogP contribution >= 0.6 is 0 Å². The molecule has 7 heteroatoms. The summed E-state index contributed by atoms with van der Waals surface area (Å²) < 4.78 is 10.4. The standard InChI is InChI=1S/C16H22N2O5/c1-22-10-16(15(20)21)7-8-18(9-16)14(19)13-11-5-3-2-4-6-12(11)23-17-13/h2-10H2,1H3,(H,20,21). The van der Waals surface area contributed by atoms with E-state index in [1.807, 2.05) is 0 Å². The Hall–Kier alpha value is -1.89. The van der Waals surface area contributed by atoms with Crippen LogP contribution in [-0.2, 0) is 22.4 Å². The van der Waals surface area contributed by atoms with Gasteiger partial charge in [0.15, 0.2) is 5.69 Å². The van der Waals surface area contributed by atoms with Gasteiger partial charge in [0.1, 0.15) is 11.2 Å². The molecule has 7 nitrogen and oxygen atoms in total. The number of carbonyl (C=O) groups excluding carboxylic acids is 1. The average Bonchev–Trinajstić information content (AvgIpc) is 3.06. The van der Waals surface area contributed by atoms with Gasteiger partial charge in [-0.05, 0) is 25.7 Å². The molecule has 0 bridgehead atoms. The maximum atomic E-state index is 12.8. The normalized spacial score (nSPS) is 24.3. The molecule has 0 radical (unpaired) electrons. The molecule has 3 rings (SSSR count). The smallest absolute Gasteiger partial charge is 0.313 e. The number of carboxylic acids is 1. The molecule has 1 aliphatic heterocycles. The molecular formula is C16H22N2O5. The number of aromatic nitrogens is 1. The number of hydrogen-bond acceptors (Lipinski definition) is 5.